The van der Waals surface area contributed by atoms with E-state index in [1.165, 1.54) is 11.1 Å². The predicted molar refractivity (Wildman–Crippen MR) is 92.9 cm³/mol. The fraction of sp³-hybridized carbons (Fsp3) is 0.400. The van der Waals surface area contributed by atoms with E-state index in [2.05, 4.69) is 28.1 Å². The van der Waals surface area contributed by atoms with Crippen molar-refractivity contribution in [2.24, 2.45) is 0 Å². The highest BCUT2D eigenvalue weighted by atomic mass is 16.3. The van der Waals surface area contributed by atoms with Gasteiger partial charge in [-0.05, 0) is 42.5 Å². The van der Waals surface area contributed by atoms with Gasteiger partial charge >= 0.3 is 0 Å². The van der Waals surface area contributed by atoms with E-state index in [-0.39, 0.29) is 6.04 Å². The summed E-state index contributed by atoms with van der Waals surface area (Å²) in [7, 11) is 0. The summed E-state index contributed by atoms with van der Waals surface area (Å²) >= 11 is 0. The van der Waals surface area contributed by atoms with Crippen LogP contribution < -0.4 is 4.90 Å². The molecule has 0 radical (unpaired) electrons. The van der Waals surface area contributed by atoms with E-state index in [0.29, 0.717) is 18.4 Å². The summed E-state index contributed by atoms with van der Waals surface area (Å²) < 4.78 is 0. The van der Waals surface area contributed by atoms with Crippen LogP contribution >= 0.6 is 0 Å². The first-order chi connectivity index (χ1) is 11.6. The average molecular weight is 319 g/mol. The van der Waals surface area contributed by atoms with Crippen molar-refractivity contribution in [1.82, 2.24) is 4.98 Å². The number of rotatable bonds is 2. The lowest BCUT2D eigenvalue weighted by molar-refractivity contribution is 0.0256. The molecule has 0 amide bonds. The number of benzene rings is 1. The third-order valence-electron chi connectivity index (χ3n) is 5.51. The zero-order chi connectivity index (χ0) is 16.7. The lowest BCUT2D eigenvalue weighted by Gasteiger charge is -2.37. The van der Waals surface area contributed by atoms with E-state index in [1.807, 2.05) is 25.1 Å². The van der Waals surface area contributed by atoms with Crippen molar-refractivity contribution < 1.29 is 5.11 Å². The van der Waals surface area contributed by atoms with Crippen LogP contribution in [0.15, 0.2) is 36.5 Å². The van der Waals surface area contributed by atoms with Crippen LogP contribution in [0.25, 0.3) is 0 Å². The lowest BCUT2D eigenvalue weighted by atomic mass is 9.89. The summed E-state index contributed by atoms with van der Waals surface area (Å²) in [5, 5.41) is 21.0. The van der Waals surface area contributed by atoms with Crippen LogP contribution in [0.1, 0.15) is 35.1 Å². The number of nitriles is 1. The van der Waals surface area contributed by atoms with E-state index < -0.39 is 5.60 Å². The molecule has 1 saturated heterocycles. The molecular formula is C20H21N3O. The van der Waals surface area contributed by atoms with Gasteiger partial charge in [0.05, 0.1) is 17.2 Å². The highest BCUT2D eigenvalue weighted by molar-refractivity contribution is 5.59. The molecule has 1 N–H and O–H groups in total. The Morgan fingerprint density at radius 1 is 1.25 bits per heavy atom. The number of nitrogens with zero attached hydrogens (tertiary/aromatic N) is 3. The summed E-state index contributed by atoms with van der Waals surface area (Å²) in [5.41, 5.74) is 3.27. The molecule has 24 heavy (non-hydrogen) atoms. The number of aromatic nitrogens is 1. The number of anilines is 1. The Morgan fingerprint density at radius 3 is 2.62 bits per heavy atom. The largest absolute Gasteiger partial charge is 0.387 e. The van der Waals surface area contributed by atoms with Crippen LogP contribution in [0.3, 0.4) is 0 Å². The second-order valence-corrected chi connectivity index (χ2v) is 7.02. The number of hydrogen-bond acceptors (Lipinski definition) is 4. The number of fused-ring (bicyclic) bond motifs is 1. The molecule has 4 heteroatoms. The molecule has 1 aliphatic heterocycles. The second-order valence-electron chi connectivity index (χ2n) is 7.02. The van der Waals surface area contributed by atoms with Gasteiger partial charge in [-0.2, -0.15) is 5.26 Å². The van der Waals surface area contributed by atoms with Gasteiger partial charge in [0.1, 0.15) is 11.9 Å². The summed E-state index contributed by atoms with van der Waals surface area (Å²) in [6.45, 7) is 2.78. The minimum absolute atomic E-state index is 0.00583. The summed E-state index contributed by atoms with van der Waals surface area (Å²) in [6.07, 6.45) is 5.07. The first-order valence-electron chi connectivity index (χ1n) is 8.54. The van der Waals surface area contributed by atoms with E-state index in [0.717, 1.165) is 30.8 Å². The molecule has 2 aromatic rings. The van der Waals surface area contributed by atoms with Crippen molar-refractivity contribution in [1.29, 1.82) is 5.26 Å². The Bertz CT molecular complexity index is 799. The van der Waals surface area contributed by atoms with Crippen LogP contribution in [0.5, 0.6) is 0 Å². The first-order valence-corrected chi connectivity index (χ1v) is 8.54. The molecule has 1 aromatic carbocycles. The SMILES string of the molecule is Cc1ccnc(N2CCC[C@@H]2C2(O)Cc3ccccc3C2)c1C#N. The van der Waals surface area contributed by atoms with Gasteiger partial charge in [-0.15, -0.1) is 0 Å². The monoisotopic (exact) mass is 319 g/mol. The van der Waals surface area contributed by atoms with Crippen LogP contribution in [0, 0.1) is 18.3 Å². The van der Waals surface area contributed by atoms with Crippen LogP contribution in [0.2, 0.25) is 0 Å². The molecule has 4 nitrogen and oxygen atoms in total. The summed E-state index contributed by atoms with van der Waals surface area (Å²) in [4.78, 5) is 6.65. The van der Waals surface area contributed by atoms with Gasteiger partial charge in [0.25, 0.3) is 0 Å². The Labute approximate surface area is 142 Å². The van der Waals surface area contributed by atoms with Crippen molar-refractivity contribution in [3.63, 3.8) is 0 Å². The molecule has 1 aromatic heterocycles. The average Bonchev–Trinajstić information content (AvgIpc) is 3.18. The predicted octanol–water partition coefficient (Wildman–Crippen LogP) is 2.76. The Morgan fingerprint density at radius 2 is 1.96 bits per heavy atom. The lowest BCUT2D eigenvalue weighted by Crippen LogP contribution is -2.51. The fourth-order valence-corrected chi connectivity index (χ4v) is 4.34. The second kappa shape index (κ2) is 5.61. The zero-order valence-electron chi connectivity index (χ0n) is 13.9. The maximum absolute atomic E-state index is 11.4. The maximum atomic E-state index is 11.4. The maximum Gasteiger partial charge on any atom is 0.147 e. The molecule has 2 heterocycles. The molecule has 122 valence electrons. The van der Waals surface area contributed by atoms with Gasteiger partial charge in [-0.25, -0.2) is 4.98 Å². The van der Waals surface area contributed by atoms with E-state index in [1.54, 1.807) is 6.20 Å². The van der Waals surface area contributed by atoms with Crippen molar-refractivity contribution in [2.45, 2.75) is 44.2 Å². The standard InChI is InChI=1S/C20H21N3O/c1-14-8-9-22-19(17(14)13-21)23-10-4-7-18(23)20(24)11-15-5-2-3-6-16(15)12-20/h2-3,5-6,8-9,18,24H,4,7,10-12H2,1H3/t18-/m1/s1. The molecule has 4 rings (SSSR count). The van der Waals surface area contributed by atoms with E-state index in [9.17, 15) is 10.4 Å². The fourth-order valence-electron chi connectivity index (χ4n) is 4.34. The third-order valence-corrected chi connectivity index (χ3v) is 5.51. The first kappa shape index (κ1) is 15.2. The van der Waals surface area contributed by atoms with Crippen molar-refractivity contribution in [2.75, 3.05) is 11.4 Å². The van der Waals surface area contributed by atoms with Crippen molar-refractivity contribution >= 4 is 5.82 Å². The minimum atomic E-state index is -0.779. The smallest absolute Gasteiger partial charge is 0.147 e. The normalized spacial score (nSPS) is 21.5. The van der Waals surface area contributed by atoms with Gasteiger partial charge in [-0.1, -0.05) is 24.3 Å². The van der Waals surface area contributed by atoms with Gasteiger partial charge in [-0.3, -0.25) is 0 Å². The summed E-state index contributed by atoms with van der Waals surface area (Å²) in [5.74, 6) is 0.726. The van der Waals surface area contributed by atoms with Crippen LogP contribution in [-0.4, -0.2) is 28.3 Å². The number of pyridine rings is 1. The molecule has 0 saturated carbocycles. The Hall–Kier alpha value is -2.38. The quantitative estimate of drug-likeness (QED) is 0.924. The Kier molecular flexibility index (Phi) is 3.54. The molecule has 0 spiro atoms. The molecular weight excluding hydrogens is 298 g/mol. The van der Waals surface area contributed by atoms with E-state index in [4.69, 9.17) is 0 Å². The van der Waals surface area contributed by atoms with Gasteiger partial charge in [0.15, 0.2) is 0 Å². The molecule has 2 aliphatic rings. The molecule has 0 unspecified atom stereocenters. The highest BCUT2D eigenvalue weighted by Gasteiger charge is 2.47. The molecule has 1 atom stereocenters. The minimum Gasteiger partial charge on any atom is -0.387 e. The van der Waals surface area contributed by atoms with Gasteiger partial charge in [0, 0.05) is 25.6 Å². The van der Waals surface area contributed by atoms with Crippen molar-refractivity contribution in [3.8, 4) is 6.07 Å². The zero-order valence-corrected chi connectivity index (χ0v) is 13.9. The third kappa shape index (κ3) is 2.28. The molecule has 1 aliphatic carbocycles. The number of aliphatic hydroxyl groups is 1. The van der Waals surface area contributed by atoms with Crippen molar-refractivity contribution in [3.05, 3.63) is 58.8 Å². The van der Waals surface area contributed by atoms with E-state index >= 15 is 0 Å². The van der Waals surface area contributed by atoms with Crippen LogP contribution in [-0.2, 0) is 12.8 Å². The van der Waals surface area contributed by atoms with Gasteiger partial charge in [0.2, 0.25) is 0 Å². The van der Waals surface area contributed by atoms with Gasteiger partial charge < -0.3 is 10.0 Å². The topological polar surface area (TPSA) is 60.1 Å². The number of aryl methyl sites for hydroxylation is 1. The highest BCUT2D eigenvalue weighted by Crippen LogP contribution is 2.40. The summed E-state index contributed by atoms with van der Waals surface area (Å²) in [6, 6.07) is 12.5. The Balaban J connectivity index is 1.70. The van der Waals surface area contributed by atoms with Crippen LogP contribution in [0.4, 0.5) is 5.82 Å². The molecule has 1 fully saturated rings. The number of hydrogen-bond donors (Lipinski definition) is 1. The molecule has 0 bridgehead atoms.